The highest BCUT2D eigenvalue weighted by Crippen LogP contribution is 2.14. The maximum Gasteiger partial charge on any atom is 0.0875 e. The summed E-state index contributed by atoms with van der Waals surface area (Å²) in [6.07, 6.45) is 3.17. The standard InChI is InChI=1S/C13H16O/c1-3-10-13(2,14)11-9-12-7-5-4-6-8-12/h4-8,10,14H,1,9,11H2,2H3. The van der Waals surface area contributed by atoms with E-state index in [9.17, 15) is 5.11 Å². The first-order valence-electron chi connectivity index (χ1n) is 4.77. The fraction of sp³-hybridized carbons (Fsp3) is 0.308. The normalized spacial score (nSPS) is 14.1. The second-order valence-corrected chi connectivity index (χ2v) is 3.69. The predicted octanol–water partition coefficient (Wildman–Crippen LogP) is 2.71. The van der Waals surface area contributed by atoms with E-state index < -0.39 is 5.60 Å². The van der Waals surface area contributed by atoms with Gasteiger partial charge in [0.25, 0.3) is 0 Å². The smallest absolute Gasteiger partial charge is 0.0875 e. The lowest BCUT2D eigenvalue weighted by atomic mass is 9.97. The lowest BCUT2D eigenvalue weighted by Gasteiger charge is -2.17. The molecule has 0 saturated carbocycles. The summed E-state index contributed by atoms with van der Waals surface area (Å²) in [5, 5.41) is 9.82. The Bertz CT molecular complexity index is 318. The second-order valence-electron chi connectivity index (χ2n) is 3.69. The molecule has 0 aliphatic rings. The lowest BCUT2D eigenvalue weighted by molar-refractivity contribution is 0.102. The molecule has 0 aliphatic carbocycles. The van der Waals surface area contributed by atoms with Crippen molar-refractivity contribution in [2.24, 2.45) is 0 Å². The van der Waals surface area contributed by atoms with Gasteiger partial charge in [0.2, 0.25) is 0 Å². The molecule has 0 fully saturated rings. The summed E-state index contributed by atoms with van der Waals surface area (Å²) in [7, 11) is 0. The molecule has 0 radical (unpaired) electrons. The molecule has 0 aliphatic heterocycles. The molecule has 1 N–H and O–H groups in total. The summed E-state index contributed by atoms with van der Waals surface area (Å²) in [6, 6.07) is 10.1. The first-order chi connectivity index (χ1) is 6.64. The average Bonchev–Trinajstić information content (AvgIpc) is 2.17. The van der Waals surface area contributed by atoms with Gasteiger partial charge in [-0.3, -0.25) is 0 Å². The van der Waals surface area contributed by atoms with Crippen molar-refractivity contribution in [3.63, 3.8) is 0 Å². The molecular weight excluding hydrogens is 172 g/mol. The first kappa shape index (κ1) is 10.8. The molecule has 0 spiro atoms. The summed E-state index contributed by atoms with van der Waals surface area (Å²) in [6.45, 7) is 5.23. The van der Waals surface area contributed by atoms with Crippen LogP contribution in [-0.4, -0.2) is 10.7 Å². The third-order valence-electron chi connectivity index (χ3n) is 2.18. The second kappa shape index (κ2) is 4.80. The van der Waals surface area contributed by atoms with E-state index >= 15 is 0 Å². The van der Waals surface area contributed by atoms with Crippen molar-refractivity contribution >= 4 is 0 Å². The van der Waals surface area contributed by atoms with Gasteiger partial charge in [0.15, 0.2) is 0 Å². The van der Waals surface area contributed by atoms with Gasteiger partial charge < -0.3 is 5.11 Å². The summed E-state index contributed by atoms with van der Waals surface area (Å²) in [4.78, 5) is 0. The molecule has 0 heterocycles. The molecule has 0 saturated heterocycles. The van der Waals surface area contributed by atoms with Crippen LogP contribution in [-0.2, 0) is 6.42 Å². The van der Waals surface area contributed by atoms with Crippen LogP contribution in [0.4, 0.5) is 0 Å². The number of aliphatic hydroxyl groups is 1. The van der Waals surface area contributed by atoms with Gasteiger partial charge in [-0.1, -0.05) is 36.9 Å². The molecular formula is C13H16O. The molecule has 1 rings (SSSR count). The van der Waals surface area contributed by atoms with Gasteiger partial charge in [0.05, 0.1) is 5.60 Å². The minimum Gasteiger partial charge on any atom is -0.385 e. The lowest BCUT2D eigenvalue weighted by Crippen LogP contribution is -2.21. The molecule has 1 atom stereocenters. The van der Waals surface area contributed by atoms with E-state index in [4.69, 9.17) is 0 Å². The topological polar surface area (TPSA) is 20.2 Å². The number of hydrogen-bond acceptors (Lipinski definition) is 1. The summed E-state index contributed by atoms with van der Waals surface area (Å²) in [5.41, 5.74) is 3.07. The van der Waals surface area contributed by atoms with E-state index in [1.165, 1.54) is 5.56 Å². The third-order valence-corrected chi connectivity index (χ3v) is 2.18. The van der Waals surface area contributed by atoms with Gasteiger partial charge in [-0.2, -0.15) is 0 Å². The number of hydrogen-bond donors (Lipinski definition) is 1. The van der Waals surface area contributed by atoms with Crippen molar-refractivity contribution in [3.05, 3.63) is 54.3 Å². The molecule has 1 unspecified atom stereocenters. The fourth-order valence-corrected chi connectivity index (χ4v) is 1.33. The predicted molar refractivity (Wildman–Crippen MR) is 59.1 cm³/mol. The van der Waals surface area contributed by atoms with E-state index in [0.29, 0.717) is 6.42 Å². The highest BCUT2D eigenvalue weighted by molar-refractivity contribution is 5.15. The molecule has 0 aromatic heterocycles. The molecule has 1 aromatic rings. The van der Waals surface area contributed by atoms with Gasteiger partial charge in [-0.15, -0.1) is 5.73 Å². The molecule has 1 heteroatoms. The van der Waals surface area contributed by atoms with Crippen LogP contribution in [0.3, 0.4) is 0 Å². The Kier molecular flexibility index (Phi) is 3.70. The van der Waals surface area contributed by atoms with Crippen LogP contribution < -0.4 is 0 Å². The van der Waals surface area contributed by atoms with Crippen molar-refractivity contribution < 1.29 is 5.11 Å². The Hall–Kier alpha value is -1.30. The maximum absolute atomic E-state index is 9.82. The molecule has 0 bridgehead atoms. The third kappa shape index (κ3) is 3.61. The monoisotopic (exact) mass is 188 g/mol. The largest absolute Gasteiger partial charge is 0.385 e. The average molecular weight is 188 g/mol. The van der Waals surface area contributed by atoms with Gasteiger partial charge in [-0.25, -0.2) is 0 Å². The van der Waals surface area contributed by atoms with E-state index in [1.807, 2.05) is 18.2 Å². The minimum atomic E-state index is -0.794. The van der Waals surface area contributed by atoms with Crippen LogP contribution in [0.15, 0.2) is 48.7 Å². The molecule has 1 nitrogen and oxygen atoms in total. The maximum atomic E-state index is 9.82. The van der Waals surface area contributed by atoms with Crippen molar-refractivity contribution in [1.82, 2.24) is 0 Å². The van der Waals surface area contributed by atoms with E-state index in [0.717, 1.165) is 6.42 Å². The summed E-state index contributed by atoms with van der Waals surface area (Å²) in [5.74, 6) is 0. The van der Waals surface area contributed by atoms with Crippen molar-refractivity contribution in [1.29, 1.82) is 0 Å². The summed E-state index contributed by atoms with van der Waals surface area (Å²) < 4.78 is 0. The van der Waals surface area contributed by atoms with Crippen molar-refractivity contribution in [3.8, 4) is 0 Å². The Morgan fingerprint density at radius 1 is 1.43 bits per heavy atom. The Labute approximate surface area is 85.4 Å². The number of rotatable bonds is 4. The SMILES string of the molecule is C=C=CC(C)(O)CCc1ccccc1. The van der Waals surface area contributed by atoms with Crippen LogP contribution in [0.1, 0.15) is 18.9 Å². The Morgan fingerprint density at radius 2 is 2.07 bits per heavy atom. The van der Waals surface area contributed by atoms with Crippen LogP contribution in [0, 0.1) is 0 Å². The van der Waals surface area contributed by atoms with E-state index in [2.05, 4.69) is 24.4 Å². The zero-order valence-electron chi connectivity index (χ0n) is 8.53. The minimum absolute atomic E-state index is 0.694. The Balaban J connectivity index is 2.53. The van der Waals surface area contributed by atoms with Crippen molar-refractivity contribution in [2.75, 3.05) is 0 Å². The van der Waals surface area contributed by atoms with Crippen LogP contribution >= 0.6 is 0 Å². The quantitative estimate of drug-likeness (QED) is 0.720. The zero-order chi connectivity index (χ0) is 10.4. The summed E-state index contributed by atoms with van der Waals surface area (Å²) >= 11 is 0. The highest BCUT2D eigenvalue weighted by Gasteiger charge is 2.15. The number of benzene rings is 1. The van der Waals surface area contributed by atoms with E-state index in [1.54, 1.807) is 13.0 Å². The number of aryl methyl sites for hydroxylation is 1. The first-order valence-corrected chi connectivity index (χ1v) is 4.77. The fourth-order valence-electron chi connectivity index (χ4n) is 1.33. The van der Waals surface area contributed by atoms with Gasteiger partial charge in [-0.05, 0) is 31.4 Å². The highest BCUT2D eigenvalue weighted by atomic mass is 16.3. The molecule has 74 valence electrons. The molecule has 0 amide bonds. The van der Waals surface area contributed by atoms with Gasteiger partial charge in [0, 0.05) is 0 Å². The molecule has 14 heavy (non-hydrogen) atoms. The van der Waals surface area contributed by atoms with Crippen molar-refractivity contribution in [2.45, 2.75) is 25.4 Å². The van der Waals surface area contributed by atoms with Gasteiger partial charge in [0.1, 0.15) is 0 Å². The molecule has 1 aromatic carbocycles. The van der Waals surface area contributed by atoms with E-state index in [-0.39, 0.29) is 0 Å². The Morgan fingerprint density at radius 3 is 2.64 bits per heavy atom. The van der Waals surface area contributed by atoms with Crippen LogP contribution in [0.5, 0.6) is 0 Å². The van der Waals surface area contributed by atoms with Crippen LogP contribution in [0.25, 0.3) is 0 Å². The van der Waals surface area contributed by atoms with Crippen LogP contribution in [0.2, 0.25) is 0 Å². The van der Waals surface area contributed by atoms with Gasteiger partial charge >= 0.3 is 0 Å². The zero-order valence-corrected chi connectivity index (χ0v) is 8.53.